The molecule has 2 N–H and O–H groups in total. The highest BCUT2D eigenvalue weighted by atomic mass is 35.5. The number of alkyl halides is 3. The Morgan fingerprint density at radius 3 is 2.54 bits per heavy atom. The Hall–Kier alpha value is -2.35. The predicted octanol–water partition coefficient (Wildman–Crippen LogP) is 4.86. The maximum Gasteiger partial charge on any atom is 0.416 e. The van der Waals surface area contributed by atoms with Gasteiger partial charge in [-0.15, -0.1) is 0 Å². The van der Waals surface area contributed by atoms with Gasteiger partial charge in [-0.1, -0.05) is 25.4 Å². The largest absolute Gasteiger partial charge is 0.416 e. The van der Waals surface area contributed by atoms with Crippen molar-refractivity contribution >= 4 is 29.0 Å². The van der Waals surface area contributed by atoms with E-state index in [0.717, 1.165) is 31.2 Å². The molecule has 140 valence electrons. The molecule has 9 heteroatoms. The number of carbonyl (C=O) groups is 1. The number of halogens is 4. The maximum atomic E-state index is 12.8. The van der Waals surface area contributed by atoms with Crippen LogP contribution in [0.25, 0.3) is 0 Å². The molecule has 0 aliphatic carbocycles. The predicted molar refractivity (Wildman–Crippen MR) is 94.4 cm³/mol. The van der Waals surface area contributed by atoms with Crippen LogP contribution in [0.2, 0.25) is 5.02 Å². The third kappa shape index (κ3) is 5.59. The fourth-order valence-electron chi connectivity index (χ4n) is 2.01. The number of rotatable bonds is 6. The van der Waals surface area contributed by atoms with Crippen molar-refractivity contribution < 1.29 is 18.0 Å². The van der Waals surface area contributed by atoms with Crippen LogP contribution in [0.5, 0.6) is 0 Å². The number of anilines is 2. The average molecular weight is 387 g/mol. The summed E-state index contributed by atoms with van der Waals surface area (Å²) >= 11 is 5.86. The molecule has 0 spiro atoms. The van der Waals surface area contributed by atoms with Crippen molar-refractivity contribution in [1.29, 1.82) is 0 Å². The number of benzene rings is 1. The van der Waals surface area contributed by atoms with Crippen LogP contribution in [-0.4, -0.2) is 22.4 Å². The Morgan fingerprint density at radius 1 is 1.23 bits per heavy atom. The number of carbonyl (C=O) groups excluding carboxylic acids is 1. The SMILES string of the molecule is CC(C)CCNc1cnc(C(=O)Nc2cc(C(F)(F)F)ccc2Cl)cn1. The lowest BCUT2D eigenvalue weighted by atomic mass is 10.1. The second-order valence-electron chi connectivity index (χ2n) is 6.04. The third-order valence-electron chi connectivity index (χ3n) is 3.45. The minimum atomic E-state index is -4.53. The van der Waals surface area contributed by atoms with E-state index in [1.165, 1.54) is 12.4 Å². The van der Waals surface area contributed by atoms with Gasteiger partial charge >= 0.3 is 6.18 Å². The number of amides is 1. The van der Waals surface area contributed by atoms with Crippen LogP contribution in [0.4, 0.5) is 24.7 Å². The van der Waals surface area contributed by atoms with E-state index >= 15 is 0 Å². The Balaban J connectivity index is 2.06. The van der Waals surface area contributed by atoms with E-state index in [1.54, 1.807) is 0 Å². The van der Waals surface area contributed by atoms with Crippen LogP contribution in [0.3, 0.4) is 0 Å². The normalized spacial score (nSPS) is 11.5. The molecule has 0 aliphatic rings. The molecule has 0 bridgehead atoms. The summed E-state index contributed by atoms with van der Waals surface area (Å²) in [5, 5.41) is 5.39. The highest BCUT2D eigenvalue weighted by molar-refractivity contribution is 6.33. The Bertz CT molecular complexity index is 764. The van der Waals surface area contributed by atoms with Crippen LogP contribution in [0, 0.1) is 5.92 Å². The molecule has 0 aliphatic heterocycles. The van der Waals surface area contributed by atoms with Crippen molar-refractivity contribution in [2.75, 3.05) is 17.2 Å². The van der Waals surface area contributed by atoms with Crippen molar-refractivity contribution in [3.05, 3.63) is 46.9 Å². The topological polar surface area (TPSA) is 66.9 Å². The molecule has 1 aromatic carbocycles. The molecular formula is C17H18ClF3N4O. The van der Waals surface area contributed by atoms with Gasteiger partial charge in [-0.05, 0) is 30.5 Å². The fourth-order valence-corrected chi connectivity index (χ4v) is 2.17. The van der Waals surface area contributed by atoms with Gasteiger partial charge in [0.05, 0.1) is 28.7 Å². The van der Waals surface area contributed by atoms with E-state index in [4.69, 9.17) is 11.6 Å². The Kier molecular flexibility index (Phi) is 6.42. The van der Waals surface area contributed by atoms with Crippen LogP contribution in [-0.2, 0) is 6.18 Å². The van der Waals surface area contributed by atoms with E-state index in [-0.39, 0.29) is 16.4 Å². The molecule has 0 saturated carbocycles. The third-order valence-corrected chi connectivity index (χ3v) is 3.78. The average Bonchev–Trinajstić information content (AvgIpc) is 2.56. The molecule has 26 heavy (non-hydrogen) atoms. The van der Waals surface area contributed by atoms with E-state index in [2.05, 4.69) is 34.4 Å². The van der Waals surface area contributed by atoms with E-state index in [1.807, 2.05) is 0 Å². The first kappa shape index (κ1) is 20.0. The van der Waals surface area contributed by atoms with Crippen molar-refractivity contribution in [1.82, 2.24) is 9.97 Å². The first-order valence-corrected chi connectivity index (χ1v) is 8.28. The summed E-state index contributed by atoms with van der Waals surface area (Å²) in [6, 6.07) is 2.69. The molecular weight excluding hydrogens is 369 g/mol. The quantitative estimate of drug-likeness (QED) is 0.744. The summed E-state index contributed by atoms with van der Waals surface area (Å²) in [5.41, 5.74) is -1.09. The van der Waals surface area contributed by atoms with Gasteiger partial charge in [0.15, 0.2) is 0 Å². The summed E-state index contributed by atoms with van der Waals surface area (Å²) in [4.78, 5) is 20.2. The number of hydrogen-bond donors (Lipinski definition) is 2. The number of hydrogen-bond acceptors (Lipinski definition) is 4. The minimum absolute atomic E-state index is 0.00807. The van der Waals surface area contributed by atoms with Gasteiger partial charge in [0.1, 0.15) is 11.5 Å². The smallest absolute Gasteiger partial charge is 0.369 e. The summed E-state index contributed by atoms with van der Waals surface area (Å²) in [5.74, 6) is 0.351. The Morgan fingerprint density at radius 2 is 1.96 bits per heavy atom. The van der Waals surface area contributed by atoms with Crippen molar-refractivity contribution in [2.24, 2.45) is 5.92 Å². The second-order valence-corrected chi connectivity index (χ2v) is 6.45. The summed E-state index contributed by atoms with van der Waals surface area (Å²) < 4.78 is 38.3. The molecule has 0 unspecified atom stereocenters. The summed E-state index contributed by atoms with van der Waals surface area (Å²) in [6.07, 6.45) is -0.942. The molecule has 0 radical (unpaired) electrons. The molecule has 1 amide bonds. The van der Waals surface area contributed by atoms with Gasteiger partial charge in [0.2, 0.25) is 0 Å². The molecule has 5 nitrogen and oxygen atoms in total. The van der Waals surface area contributed by atoms with E-state index in [0.29, 0.717) is 11.7 Å². The molecule has 0 atom stereocenters. The maximum absolute atomic E-state index is 12.8. The summed E-state index contributed by atoms with van der Waals surface area (Å²) in [7, 11) is 0. The fraction of sp³-hybridized carbons (Fsp3) is 0.353. The molecule has 2 aromatic rings. The Labute approximate surface area is 154 Å². The van der Waals surface area contributed by atoms with Crippen molar-refractivity contribution in [3.63, 3.8) is 0 Å². The first-order chi connectivity index (χ1) is 12.2. The number of aromatic nitrogens is 2. The van der Waals surface area contributed by atoms with Gasteiger partial charge in [0, 0.05) is 6.54 Å². The molecule has 0 saturated heterocycles. The zero-order valence-corrected chi connectivity index (χ0v) is 14.9. The number of nitrogens with one attached hydrogen (secondary N) is 2. The van der Waals surface area contributed by atoms with Crippen LogP contribution in [0.15, 0.2) is 30.6 Å². The van der Waals surface area contributed by atoms with Crippen LogP contribution in [0.1, 0.15) is 36.3 Å². The lowest BCUT2D eigenvalue weighted by Crippen LogP contribution is -2.16. The van der Waals surface area contributed by atoms with Gasteiger partial charge in [0.25, 0.3) is 5.91 Å². The van der Waals surface area contributed by atoms with Crippen LogP contribution >= 0.6 is 11.6 Å². The van der Waals surface area contributed by atoms with Crippen LogP contribution < -0.4 is 10.6 Å². The van der Waals surface area contributed by atoms with Gasteiger partial charge in [-0.25, -0.2) is 9.97 Å². The van der Waals surface area contributed by atoms with Gasteiger partial charge < -0.3 is 10.6 Å². The standard InChI is InChI=1S/C17H18ClF3N4O/c1-10(2)5-6-22-15-9-23-14(8-24-15)16(26)25-13-7-11(17(19,20)21)3-4-12(13)18/h3-4,7-10H,5-6H2,1-2H3,(H,22,24)(H,25,26). The van der Waals surface area contributed by atoms with Gasteiger partial charge in [-0.3, -0.25) is 4.79 Å². The molecule has 1 aromatic heterocycles. The highest BCUT2D eigenvalue weighted by Gasteiger charge is 2.31. The first-order valence-electron chi connectivity index (χ1n) is 7.91. The lowest BCUT2D eigenvalue weighted by molar-refractivity contribution is -0.137. The van der Waals surface area contributed by atoms with Crippen molar-refractivity contribution in [2.45, 2.75) is 26.4 Å². The van der Waals surface area contributed by atoms with E-state index in [9.17, 15) is 18.0 Å². The molecule has 2 rings (SSSR count). The molecule has 0 fully saturated rings. The zero-order valence-electron chi connectivity index (χ0n) is 14.2. The van der Waals surface area contributed by atoms with Gasteiger partial charge in [-0.2, -0.15) is 13.2 Å². The zero-order chi connectivity index (χ0) is 19.3. The summed E-state index contributed by atoms with van der Waals surface area (Å²) in [6.45, 7) is 4.91. The minimum Gasteiger partial charge on any atom is -0.369 e. The molecule has 1 heterocycles. The highest BCUT2D eigenvalue weighted by Crippen LogP contribution is 2.33. The van der Waals surface area contributed by atoms with E-state index < -0.39 is 17.6 Å². The van der Waals surface area contributed by atoms with Crippen molar-refractivity contribution in [3.8, 4) is 0 Å². The lowest BCUT2D eigenvalue weighted by Gasteiger charge is -2.11. The number of nitrogens with zero attached hydrogens (tertiary/aromatic N) is 2. The second kappa shape index (κ2) is 8.35. The monoisotopic (exact) mass is 386 g/mol.